The molecule has 0 radical (unpaired) electrons. The van der Waals surface area contributed by atoms with Gasteiger partial charge >= 0.3 is 12.0 Å². The lowest BCUT2D eigenvalue weighted by Gasteiger charge is -2.25. The smallest absolute Gasteiger partial charge is 0.315 e. The highest BCUT2D eigenvalue weighted by molar-refractivity contribution is 5.78. The van der Waals surface area contributed by atoms with E-state index in [1.807, 2.05) is 0 Å². The zero-order chi connectivity index (χ0) is 14.6. The summed E-state index contributed by atoms with van der Waals surface area (Å²) in [6.07, 6.45) is 6.12. The minimum absolute atomic E-state index is 0.0318. The van der Waals surface area contributed by atoms with Gasteiger partial charge in [0.05, 0.1) is 17.6 Å². The van der Waals surface area contributed by atoms with Crippen molar-refractivity contribution in [3.63, 3.8) is 0 Å². The van der Waals surface area contributed by atoms with Crippen molar-refractivity contribution in [2.24, 2.45) is 5.41 Å². The van der Waals surface area contributed by atoms with Crippen molar-refractivity contribution in [3.05, 3.63) is 0 Å². The molecule has 0 heterocycles. The Bertz CT molecular complexity index is 366. The van der Waals surface area contributed by atoms with E-state index < -0.39 is 11.4 Å². The molecule has 2 aliphatic rings. The van der Waals surface area contributed by atoms with Crippen molar-refractivity contribution in [1.82, 2.24) is 10.6 Å². The predicted molar refractivity (Wildman–Crippen MR) is 73.5 cm³/mol. The third-order valence-electron chi connectivity index (χ3n) is 4.67. The molecule has 2 unspecified atom stereocenters. The van der Waals surface area contributed by atoms with Crippen LogP contribution in [0.3, 0.4) is 0 Å². The fraction of sp³-hybridized carbons (Fsp3) is 0.857. The van der Waals surface area contributed by atoms with Crippen LogP contribution in [0.2, 0.25) is 0 Å². The number of carboxylic acids is 1. The summed E-state index contributed by atoms with van der Waals surface area (Å²) < 4.78 is 5.32. The molecule has 0 saturated heterocycles. The molecule has 2 atom stereocenters. The molecule has 0 aromatic carbocycles. The Labute approximate surface area is 119 Å². The standard InChI is InChI=1S/C14H24N2O4/c1-20-11-6-4-5-10(11)16-13(19)15-9-14(12(17)18)7-2-3-8-14/h10-11H,2-9H2,1H3,(H,17,18)(H2,15,16,19). The molecule has 0 bridgehead atoms. The van der Waals surface area contributed by atoms with Crippen LogP contribution >= 0.6 is 0 Å². The van der Waals surface area contributed by atoms with Gasteiger partial charge in [-0.3, -0.25) is 4.79 Å². The average Bonchev–Trinajstić information content (AvgIpc) is 3.05. The SMILES string of the molecule is COC1CCCC1NC(=O)NCC1(C(=O)O)CCCC1. The fourth-order valence-corrected chi connectivity index (χ4v) is 3.36. The number of rotatable bonds is 5. The Kier molecular flexibility index (Phi) is 4.86. The number of aliphatic carboxylic acids is 1. The Morgan fingerprint density at radius 2 is 1.95 bits per heavy atom. The van der Waals surface area contributed by atoms with Crippen molar-refractivity contribution in [3.8, 4) is 0 Å². The molecule has 3 N–H and O–H groups in total. The van der Waals surface area contributed by atoms with Crippen LogP contribution < -0.4 is 10.6 Å². The van der Waals surface area contributed by atoms with Gasteiger partial charge < -0.3 is 20.5 Å². The fourth-order valence-electron chi connectivity index (χ4n) is 3.36. The first-order valence-electron chi connectivity index (χ1n) is 7.38. The summed E-state index contributed by atoms with van der Waals surface area (Å²) in [5, 5.41) is 15.0. The molecule has 6 heteroatoms. The molecule has 114 valence electrons. The van der Waals surface area contributed by atoms with Gasteiger partial charge in [0.15, 0.2) is 0 Å². The van der Waals surface area contributed by atoms with E-state index >= 15 is 0 Å². The molecular weight excluding hydrogens is 260 g/mol. The van der Waals surface area contributed by atoms with Crippen molar-refractivity contribution < 1.29 is 19.4 Å². The number of urea groups is 1. The summed E-state index contributed by atoms with van der Waals surface area (Å²) in [4.78, 5) is 23.3. The maximum absolute atomic E-state index is 11.9. The molecule has 2 rings (SSSR count). The van der Waals surface area contributed by atoms with E-state index in [1.165, 1.54) is 0 Å². The number of methoxy groups -OCH3 is 1. The van der Waals surface area contributed by atoms with Gasteiger partial charge in [0, 0.05) is 13.7 Å². The van der Waals surface area contributed by atoms with Crippen molar-refractivity contribution in [2.45, 2.75) is 57.1 Å². The number of carbonyl (C=O) groups is 2. The minimum atomic E-state index is -0.800. The van der Waals surface area contributed by atoms with Gasteiger partial charge in [0.2, 0.25) is 0 Å². The summed E-state index contributed by atoms with van der Waals surface area (Å²) in [6.45, 7) is 0.207. The van der Waals surface area contributed by atoms with Gasteiger partial charge in [0.25, 0.3) is 0 Å². The Morgan fingerprint density at radius 1 is 1.25 bits per heavy atom. The second kappa shape index (κ2) is 6.43. The van der Waals surface area contributed by atoms with Gasteiger partial charge in [-0.1, -0.05) is 12.8 Å². The van der Waals surface area contributed by atoms with Crippen LogP contribution in [0.5, 0.6) is 0 Å². The van der Waals surface area contributed by atoms with E-state index in [9.17, 15) is 14.7 Å². The highest BCUT2D eigenvalue weighted by Gasteiger charge is 2.41. The van der Waals surface area contributed by atoms with Crippen LogP contribution in [0, 0.1) is 5.41 Å². The third-order valence-corrected chi connectivity index (χ3v) is 4.67. The molecular formula is C14H24N2O4. The van der Waals surface area contributed by atoms with Crippen LogP contribution in [0.4, 0.5) is 4.79 Å². The maximum atomic E-state index is 11.9. The highest BCUT2D eigenvalue weighted by atomic mass is 16.5. The highest BCUT2D eigenvalue weighted by Crippen LogP contribution is 2.37. The lowest BCUT2D eigenvalue weighted by molar-refractivity contribution is -0.148. The first-order chi connectivity index (χ1) is 9.57. The molecule has 0 aromatic heterocycles. The van der Waals surface area contributed by atoms with Crippen molar-refractivity contribution >= 4 is 12.0 Å². The van der Waals surface area contributed by atoms with Crippen molar-refractivity contribution in [1.29, 1.82) is 0 Å². The number of carboxylic acid groups (broad SMARTS) is 1. The Hall–Kier alpha value is -1.30. The van der Waals surface area contributed by atoms with Crippen LogP contribution in [0.1, 0.15) is 44.9 Å². The van der Waals surface area contributed by atoms with Gasteiger partial charge in [-0.2, -0.15) is 0 Å². The van der Waals surface area contributed by atoms with E-state index in [1.54, 1.807) is 7.11 Å². The molecule has 20 heavy (non-hydrogen) atoms. The Morgan fingerprint density at radius 3 is 2.55 bits per heavy atom. The molecule has 2 aliphatic carbocycles. The number of amides is 2. The van der Waals surface area contributed by atoms with Crippen LogP contribution in [-0.2, 0) is 9.53 Å². The maximum Gasteiger partial charge on any atom is 0.315 e. The minimum Gasteiger partial charge on any atom is -0.481 e. The van der Waals surface area contributed by atoms with Crippen LogP contribution in [0.15, 0.2) is 0 Å². The molecule has 2 saturated carbocycles. The molecule has 0 aromatic rings. The summed E-state index contributed by atoms with van der Waals surface area (Å²) in [5.74, 6) is -0.800. The molecule has 0 aliphatic heterocycles. The number of nitrogens with one attached hydrogen (secondary N) is 2. The van der Waals surface area contributed by atoms with Crippen LogP contribution in [0.25, 0.3) is 0 Å². The van der Waals surface area contributed by atoms with E-state index in [0.29, 0.717) is 12.8 Å². The van der Waals surface area contributed by atoms with Crippen LogP contribution in [-0.4, -0.2) is 42.9 Å². The summed E-state index contributed by atoms with van der Waals surface area (Å²) in [7, 11) is 1.65. The Balaban J connectivity index is 1.81. The third kappa shape index (κ3) is 3.23. The monoisotopic (exact) mass is 284 g/mol. The lowest BCUT2D eigenvalue weighted by atomic mass is 9.86. The van der Waals surface area contributed by atoms with Gasteiger partial charge in [0.1, 0.15) is 0 Å². The van der Waals surface area contributed by atoms with E-state index in [-0.39, 0.29) is 24.7 Å². The largest absolute Gasteiger partial charge is 0.481 e. The average molecular weight is 284 g/mol. The zero-order valence-corrected chi connectivity index (χ0v) is 12.0. The first kappa shape index (κ1) is 15.1. The molecule has 2 fully saturated rings. The van der Waals surface area contributed by atoms with E-state index in [0.717, 1.165) is 32.1 Å². The predicted octanol–water partition coefficient (Wildman–Crippen LogP) is 1.50. The second-order valence-electron chi connectivity index (χ2n) is 5.93. The number of ether oxygens (including phenoxy) is 1. The summed E-state index contributed by atoms with van der Waals surface area (Å²) in [6, 6.07) is -0.254. The van der Waals surface area contributed by atoms with Gasteiger partial charge in [-0.25, -0.2) is 4.79 Å². The van der Waals surface area contributed by atoms with E-state index in [2.05, 4.69) is 10.6 Å². The number of hydrogen-bond donors (Lipinski definition) is 3. The number of carbonyl (C=O) groups excluding carboxylic acids is 1. The lowest BCUT2D eigenvalue weighted by Crippen LogP contribution is -2.49. The number of hydrogen-bond acceptors (Lipinski definition) is 3. The second-order valence-corrected chi connectivity index (χ2v) is 5.93. The first-order valence-corrected chi connectivity index (χ1v) is 7.38. The molecule has 2 amide bonds. The normalized spacial score (nSPS) is 28.2. The van der Waals surface area contributed by atoms with Crippen molar-refractivity contribution in [2.75, 3.05) is 13.7 Å². The van der Waals surface area contributed by atoms with Gasteiger partial charge in [-0.15, -0.1) is 0 Å². The summed E-state index contributed by atoms with van der Waals surface area (Å²) in [5.41, 5.74) is -0.770. The zero-order valence-electron chi connectivity index (χ0n) is 12.0. The molecule has 6 nitrogen and oxygen atoms in total. The summed E-state index contributed by atoms with van der Waals surface area (Å²) >= 11 is 0. The molecule has 0 spiro atoms. The van der Waals surface area contributed by atoms with E-state index in [4.69, 9.17) is 4.74 Å². The quantitative estimate of drug-likeness (QED) is 0.714. The van der Waals surface area contributed by atoms with Gasteiger partial charge in [-0.05, 0) is 32.1 Å². The topological polar surface area (TPSA) is 87.7 Å².